The van der Waals surface area contributed by atoms with E-state index in [1.54, 1.807) is 6.20 Å². The number of hydrogen-bond acceptors (Lipinski definition) is 8. The van der Waals surface area contributed by atoms with Gasteiger partial charge in [0.1, 0.15) is 17.3 Å². The maximum Gasteiger partial charge on any atom is 0.439 e. The largest absolute Gasteiger partial charge is 0.439 e. The number of ether oxygens (including phenoxy) is 1. The van der Waals surface area contributed by atoms with Crippen LogP contribution in [0.5, 0.6) is 0 Å². The van der Waals surface area contributed by atoms with Gasteiger partial charge in [-0.15, -0.1) is 0 Å². The standard InChI is InChI=1S/C27H25Cl2N5O4/c28-20-2-1-3-21(29)23(20)24-19(25(37-32-24)14-4-5-14)13-36-18-10-16-7-8-17(11-18)34(16)22-9-6-15(12-30-22)26-31-27(35)38-33-26/h1-3,6,9,12,14,16-18H,4-5,7-8,10-11,13H2,(H,31,33,35). The Morgan fingerprint density at radius 3 is 2.39 bits per heavy atom. The maximum absolute atomic E-state index is 11.3. The van der Waals surface area contributed by atoms with Crippen LogP contribution in [0.1, 0.15) is 55.8 Å². The number of halogens is 2. The van der Waals surface area contributed by atoms with Gasteiger partial charge in [0.2, 0.25) is 0 Å². The fraction of sp³-hybridized carbons (Fsp3) is 0.407. The molecule has 0 spiro atoms. The van der Waals surface area contributed by atoms with E-state index in [1.807, 2.05) is 30.3 Å². The number of aromatic nitrogens is 4. The van der Waals surface area contributed by atoms with Gasteiger partial charge in [0, 0.05) is 40.9 Å². The summed E-state index contributed by atoms with van der Waals surface area (Å²) in [6.07, 6.45) is 8.08. The van der Waals surface area contributed by atoms with Crippen molar-refractivity contribution >= 4 is 29.0 Å². The molecule has 2 aliphatic heterocycles. The predicted octanol–water partition coefficient (Wildman–Crippen LogP) is 5.98. The van der Waals surface area contributed by atoms with E-state index in [9.17, 15) is 4.79 Å². The van der Waals surface area contributed by atoms with E-state index in [-0.39, 0.29) is 6.10 Å². The number of H-pyrrole nitrogens is 1. The molecule has 2 bridgehead atoms. The Bertz CT molecular complexity index is 1490. The lowest BCUT2D eigenvalue weighted by Gasteiger charge is -2.39. The van der Waals surface area contributed by atoms with Crippen molar-refractivity contribution in [3.63, 3.8) is 0 Å². The minimum absolute atomic E-state index is 0.125. The normalized spacial score (nSPS) is 22.8. The number of fused-ring (bicyclic) bond motifs is 2. The molecule has 1 N–H and O–H groups in total. The average Bonchev–Trinajstić information content (AvgIpc) is 3.44. The molecule has 3 aromatic heterocycles. The molecule has 38 heavy (non-hydrogen) atoms. The second-order valence-electron chi connectivity index (χ2n) is 10.3. The van der Waals surface area contributed by atoms with E-state index in [0.29, 0.717) is 57.3 Å². The van der Waals surface area contributed by atoms with Crippen LogP contribution in [0.25, 0.3) is 22.6 Å². The van der Waals surface area contributed by atoms with Crippen molar-refractivity contribution in [1.82, 2.24) is 20.3 Å². The second kappa shape index (κ2) is 9.55. The molecular weight excluding hydrogens is 529 g/mol. The van der Waals surface area contributed by atoms with Crippen LogP contribution in [0, 0.1) is 0 Å². The molecule has 7 rings (SSSR count). The summed E-state index contributed by atoms with van der Waals surface area (Å²) >= 11 is 13.0. The summed E-state index contributed by atoms with van der Waals surface area (Å²) in [7, 11) is 0. The fourth-order valence-corrected chi connectivity index (χ4v) is 6.50. The van der Waals surface area contributed by atoms with Gasteiger partial charge in [-0.05, 0) is 62.8 Å². The third-order valence-electron chi connectivity index (χ3n) is 7.85. The van der Waals surface area contributed by atoms with Gasteiger partial charge in [-0.1, -0.05) is 39.6 Å². The summed E-state index contributed by atoms with van der Waals surface area (Å²) in [5.74, 6) is 2.01. The molecule has 9 nitrogen and oxygen atoms in total. The van der Waals surface area contributed by atoms with Gasteiger partial charge in [-0.25, -0.2) is 9.78 Å². The molecule has 11 heteroatoms. The Labute approximate surface area is 228 Å². The maximum atomic E-state index is 11.3. The first kappa shape index (κ1) is 23.9. The summed E-state index contributed by atoms with van der Waals surface area (Å²) in [5, 5.41) is 9.23. The lowest BCUT2D eigenvalue weighted by molar-refractivity contribution is 0.0146. The topological polar surface area (TPSA) is 110 Å². The first-order valence-electron chi connectivity index (χ1n) is 12.9. The first-order valence-corrected chi connectivity index (χ1v) is 13.7. The van der Waals surface area contributed by atoms with Crippen molar-refractivity contribution in [3.8, 4) is 22.6 Å². The highest BCUT2D eigenvalue weighted by Gasteiger charge is 2.42. The Morgan fingerprint density at radius 2 is 1.76 bits per heavy atom. The molecule has 3 fully saturated rings. The van der Waals surface area contributed by atoms with Gasteiger partial charge in [0.15, 0.2) is 5.82 Å². The highest BCUT2D eigenvalue weighted by atomic mass is 35.5. The molecule has 3 aliphatic rings. The Morgan fingerprint density at radius 1 is 1.00 bits per heavy atom. The fourth-order valence-electron chi connectivity index (χ4n) is 5.92. The second-order valence-corrected chi connectivity index (χ2v) is 11.1. The summed E-state index contributed by atoms with van der Waals surface area (Å²) in [5.41, 5.74) is 3.05. The van der Waals surface area contributed by atoms with E-state index in [0.717, 1.165) is 55.7 Å². The van der Waals surface area contributed by atoms with Crippen molar-refractivity contribution in [2.75, 3.05) is 4.90 Å². The molecule has 5 heterocycles. The average molecular weight is 554 g/mol. The molecule has 1 saturated carbocycles. The van der Waals surface area contributed by atoms with Gasteiger partial charge < -0.3 is 14.2 Å². The zero-order valence-corrected chi connectivity index (χ0v) is 21.9. The summed E-state index contributed by atoms with van der Waals surface area (Å²) in [4.78, 5) is 20.9. The first-order chi connectivity index (χ1) is 18.5. The molecule has 1 aliphatic carbocycles. The Kier molecular flexibility index (Phi) is 6.02. The van der Waals surface area contributed by atoms with Gasteiger partial charge in [-0.3, -0.25) is 9.51 Å². The Hall–Kier alpha value is -3.14. The number of rotatable bonds is 7. The molecule has 2 saturated heterocycles. The molecular formula is C27H25Cl2N5O4. The summed E-state index contributed by atoms with van der Waals surface area (Å²) in [6.45, 7) is 0.416. The SMILES string of the molecule is O=c1[nH]c(-c2ccc(N3C4CCC3CC(OCc3c(-c5c(Cl)cccc5Cl)noc3C3CC3)C4)nc2)no1. The molecule has 0 amide bonds. The van der Waals surface area contributed by atoms with Crippen molar-refractivity contribution in [3.05, 3.63) is 68.4 Å². The number of nitrogens with one attached hydrogen (secondary N) is 1. The van der Waals surface area contributed by atoms with Crippen LogP contribution in [0.2, 0.25) is 10.0 Å². The smallest absolute Gasteiger partial charge is 0.373 e. The van der Waals surface area contributed by atoms with E-state index < -0.39 is 5.76 Å². The van der Waals surface area contributed by atoms with E-state index >= 15 is 0 Å². The number of nitrogens with zero attached hydrogens (tertiary/aromatic N) is 4. The Balaban J connectivity index is 1.07. The van der Waals surface area contributed by atoms with Gasteiger partial charge in [0.25, 0.3) is 0 Å². The van der Waals surface area contributed by atoms with Crippen molar-refractivity contribution < 1.29 is 13.8 Å². The highest BCUT2D eigenvalue weighted by molar-refractivity contribution is 6.39. The third-order valence-corrected chi connectivity index (χ3v) is 8.48. The van der Waals surface area contributed by atoms with Crippen LogP contribution in [-0.4, -0.2) is 38.5 Å². The minimum Gasteiger partial charge on any atom is -0.373 e. The number of anilines is 1. The summed E-state index contributed by atoms with van der Waals surface area (Å²) in [6, 6.07) is 10.1. The van der Waals surface area contributed by atoms with Crippen LogP contribution in [0.3, 0.4) is 0 Å². The van der Waals surface area contributed by atoms with Crippen LogP contribution < -0.4 is 10.7 Å². The zero-order chi connectivity index (χ0) is 25.8. The minimum atomic E-state index is -0.582. The molecule has 2 unspecified atom stereocenters. The number of pyridine rings is 1. The molecule has 1 aromatic carbocycles. The van der Waals surface area contributed by atoms with Gasteiger partial charge >= 0.3 is 5.76 Å². The number of piperidine rings is 1. The third kappa shape index (κ3) is 4.32. The molecule has 0 radical (unpaired) electrons. The van der Waals surface area contributed by atoms with Crippen molar-refractivity contribution in [2.45, 2.75) is 69.2 Å². The van der Waals surface area contributed by atoms with Crippen LogP contribution in [0.4, 0.5) is 5.82 Å². The van der Waals surface area contributed by atoms with E-state index in [1.165, 1.54) is 0 Å². The molecule has 2 atom stereocenters. The number of benzene rings is 1. The number of hydrogen-bond donors (Lipinski definition) is 1. The number of aromatic amines is 1. The molecule has 196 valence electrons. The molecule has 4 aromatic rings. The zero-order valence-electron chi connectivity index (χ0n) is 20.4. The van der Waals surface area contributed by atoms with Crippen molar-refractivity contribution in [2.24, 2.45) is 0 Å². The van der Waals surface area contributed by atoms with Crippen LogP contribution >= 0.6 is 23.2 Å². The van der Waals surface area contributed by atoms with E-state index in [2.05, 4.69) is 29.7 Å². The van der Waals surface area contributed by atoms with Crippen LogP contribution in [-0.2, 0) is 11.3 Å². The lowest BCUT2D eigenvalue weighted by Crippen LogP contribution is -2.46. The van der Waals surface area contributed by atoms with Gasteiger partial charge in [0.05, 0.1) is 22.8 Å². The highest BCUT2D eigenvalue weighted by Crippen LogP contribution is 2.47. The van der Waals surface area contributed by atoms with Gasteiger partial charge in [-0.2, -0.15) is 0 Å². The lowest BCUT2D eigenvalue weighted by atomic mass is 9.99. The van der Waals surface area contributed by atoms with E-state index in [4.69, 9.17) is 32.5 Å². The monoisotopic (exact) mass is 553 g/mol. The predicted molar refractivity (Wildman–Crippen MR) is 141 cm³/mol. The van der Waals surface area contributed by atoms with Crippen LogP contribution in [0.15, 0.2) is 50.4 Å². The quantitative estimate of drug-likeness (QED) is 0.297. The summed E-state index contributed by atoms with van der Waals surface area (Å²) < 4.78 is 17.0. The van der Waals surface area contributed by atoms with Crippen molar-refractivity contribution in [1.29, 1.82) is 0 Å².